The van der Waals surface area contributed by atoms with Gasteiger partial charge in [-0.3, -0.25) is 73.3 Å². The molecule has 0 aromatic heterocycles. The van der Waals surface area contributed by atoms with Gasteiger partial charge in [0.25, 0.3) is 23.6 Å². The summed E-state index contributed by atoms with van der Waals surface area (Å²) in [6, 6.07) is 14.6. The highest BCUT2D eigenvalue weighted by Crippen LogP contribution is 2.40. The zero-order chi connectivity index (χ0) is 57.7. The molecule has 81 heavy (non-hydrogen) atoms. The Morgan fingerprint density at radius 3 is 1.85 bits per heavy atom. The van der Waals surface area contributed by atoms with E-state index < -0.39 is 59.3 Å². The fourth-order valence-corrected chi connectivity index (χ4v) is 12.8. The molecule has 1 saturated carbocycles. The van der Waals surface area contributed by atoms with Crippen LogP contribution in [0.2, 0.25) is 0 Å². The second-order valence-electron chi connectivity index (χ2n) is 23.3. The number of hydrogen-bond donors (Lipinski definition) is 5. The van der Waals surface area contributed by atoms with Crippen LogP contribution in [0.1, 0.15) is 176 Å². The van der Waals surface area contributed by atoms with Crippen molar-refractivity contribution in [2.45, 2.75) is 143 Å². The number of rotatable bonds is 16. The number of piperazine rings is 1. The molecule has 4 fully saturated rings. The number of piperidine rings is 2. The molecule has 5 N–H and O–H groups in total. The largest absolute Gasteiger partial charge is 0.382 e. The van der Waals surface area contributed by atoms with Crippen molar-refractivity contribution in [2.24, 2.45) is 5.92 Å². The van der Waals surface area contributed by atoms with Gasteiger partial charge in [-0.15, -0.1) is 0 Å². The molecule has 0 spiro atoms. The average molecular weight is 1100 g/mol. The second kappa shape index (κ2) is 22.8. The predicted octanol–water partition coefficient (Wildman–Crippen LogP) is 5.59. The molecule has 424 valence electrons. The number of carbonyl (C=O) groups is 10. The fourth-order valence-electron chi connectivity index (χ4n) is 12.8. The summed E-state index contributed by atoms with van der Waals surface area (Å²) in [5.74, 6) is -4.79. The van der Waals surface area contributed by atoms with Crippen molar-refractivity contribution in [3.05, 3.63) is 127 Å². The molecule has 5 heterocycles. The molecule has 10 amide bonds. The maximum Gasteiger partial charge on any atom is 0.264 e. The van der Waals surface area contributed by atoms with Gasteiger partial charge in [0.05, 0.1) is 34.5 Å². The minimum absolute atomic E-state index is 0.0115. The minimum Gasteiger partial charge on any atom is -0.382 e. The molecule has 4 aromatic carbocycles. The van der Waals surface area contributed by atoms with Gasteiger partial charge in [-0.2, -0.15) is 0 Å². The molecule has 6 aliphatic rings. The van der Waals surface area contributed by atoms with Crippen LogP contribution in [-0.4, -0.2) is 125 Å². The van der Waals surface area contributed by atoms with Crippen LogP contribution < -0.4 is 31.5 Å². The first-order valence-electron chi connectivity index (χ1n) is 28.4. The third-order valence-corrected chi connectivity index (χ3v) is 17.3. The van der Waals surface area contributed by atoms with Gasteiger partial charge in [-0.05, 0) is 139 Å². The van der Waals surface area contributed by atoms with E-state index in [1.807, 2.05) is 25.1 Å². The molecule has 10 rings (SSSR count). The Bertz CT molecular complexity index is 3340. The summed E-state index contributed by atoms with van der Waals surface area (Å²) in [6.45, 7) is 17.6. The smallest absolute Gasteiger partial charge is 0.264 e. The molecule has 5 aliphatic heterocycles. The fraction of sp³-hybridized carbons (Fsp3) is 0.452. The Hall–Kier alpha value is -8.06. The van der Waals surface area contributed by atoms with Crippen molar-refractivity contribution < 1.29 is 47.9 Å². The zero-order valence-electron chi connectivity index (χ0n) is 47.1. The molecule has 0 radical (unpaired) electrons. The molecule has 1 aliphatic carbocycles. The Morgan fingerprint density at radius 1 is 0.617 bits per heavy atom. The SMILES string of the molecule is Cc1cc(CNC(=O)CN2CCN(c3ccc(Cc4cc(CNC(=O)C5CCC(Nc6cccc7c6C(=O)N(C6CCC(=O)NC6=O)C7=O)C5)cc(C(C)C)c4C)c4c3C(=O)N(C3CCC(=O)NC3=O)C4=O)CC2)cc(C(C)C)c1C. The van der Waals surface area contributed by atoms with Crippen LogP contribution in [0.5, 0.6) is 0 Å². The Balaban J connectivity index is 0.826. The molecule has 19 nitrogen and oxygen atoms in total. The van der Waals surface area contributed by atoms with Crippen molar-refractivity contribution in [2.75, 3.05) is 42.9 Å². The first-order chi connectivity index (χ1) is 38.7. The van der Waals surface area contributed by atoms with Gasteiger partial charge in [0.15, 0.2) is 0 Å². The summed E-state index contributed by atoms with van der Waals surface area (Å²) in [6.07, 6.45) is 2.00. The lowest BCUT2D eigenvalue weighted by molar-refractivity contribution is -0.137. The van der Waals surface area contributed by atoms with E-state index >= 15 is 0 Å². The van der Waals surface area contributed by atoms with Gasteiger partial charge >= 0.3 is 0 Å². The van der Waals surface area contributed by atoms with E-state index in [-0.39, 0.29) is 97.1 Å². The molecule has 4 aromatic rings. The number of aryl methyl sites for hydroxylation is 1. The zero-order valence-corrected chi connectivity index (χ0v) is 47.1. The molecule has 19 heteroatoms. The van der Waals surface area contributed by atoms with Gasteiger partial charge in [-0.25, -0.2) is 0 Å². The van der Waals surface area contributed by atoms with Crippen LogP contribution in [0.4, 0.5) is 11.4 Å². The Morgan fingerprint density at radius 2 is 1.21 bits per heavy atom. The first kappa shape index (κ1) is 56.2. The number of anilines is 2. The lowest BCUT2D eigenvalue weighted by Gasteiger charge is -2.36. The highest BCUT2D eigenvalue weighted by Gasteiger charge is 2.49. The molecular formula is C62H71N9O10. The quantitative estimate of drug-likeness (QED) is 0.0861. The van der Waals surface area contributed by atoms with Crippen molar-refractivity contribution in [3.8, 4) is 0 Å². The van der Waals surface area contributed by atoms with Crippen LogP contribution in [-0.2, 0) is 48.3 Å². The highest BCUT2D eigenvalue weighted by atomic mass is 16.2. The monoisotopic (exact) mass is 1100 g/mol. The first-order valence-corrected chi connectivity index (χ1v) is 28.4. The molecule has 3 saturated heterocycles. The number of fused-ring (bicyclic) bond motifs is 2. The van der Waals surface area contributed by atoms with E-state index in [0.717, 1.165) is 37.6 Å². The summed E-state index contributed by atoms with van der Waals surface area (Å²) in [5.41, 5.74) is 11.0. The summed E-state index contributed by atoms with van der Waals surface area (Å²) < 4.78 is 0. The Kier molecular flexibility index (Phi) is 15.8. The van der Waals surface area contributed by atoms with E-state index in [0.29, 0.717) is 74.8 Å². The van der Waals surface area contributed by atoms with Gasteiger partial charge in [-0.1, -0.05) is 64.1 Å². The van der Waals surface area contributed by atoms with Crippen LogP contribution >= 0.6 is 0 Å². The van der Waals surface area contributed by atoms with Crippen LogP contribution in [0, 0.1) is 26.7 Å². The van der Waals surface area contributed by atoms with Crippen LogP contribution in [0.15, 0.2) is 54.6 Å². The van der Waals surface area contributed by atoms with Crippen molar-refractivity contribution >= 4 is 70.4 Å². The Labute approximate surface area is 471 Å². The normalized spacial score (nSPS) is 21.3. The number of imide groups is 4. The molecule has 4 unspecified atom stereocenters. The predicted molar refractivity (Wildman–Crippen MR) is 301 cm³/mol. The molecule has 4 atom stereocenters. The average Bonchev–Trinajstić information content (AvgIpc) is 4.32. The number of benzene rings is 4. The number of nitrogens with one attached hydrogen (secondary N) is 5. The van der Waals surface area contributed by atoms with Gasteiger partial charge in [0.1, 0.15) is 12.1 Å². The van der Waals surface area contributed by atoms with E-state index in [2.05, 4.69) is 96.1 Å². The van der Waals surface area contributed by atoms with E-state index in [1.165, 1.54) is 16.7 Å². The van der Waals surface area contributed by atoms with Crippen LogP contribution in [0.3, 0.4) is 0 Å². The summed E-state index contributed by atoms with van der Waals surface area (Å²) in [4.78, 5) is 140. The lowest BCUT2D eigenvalue weighted by atomic mass is 9.87. The van der Waals surface area contributed by atoms with E-state index in [4.69, 9.17) is 0 Å². The van der Waals surface area contributed by atoms with Crippen LogP contribution in [0.25, 0.3) is 0 Å². The third-order valence-electron chi connectivity index (χ3n) is 17.3. The number of nitrogens with zero attached hydrogens (tertiary/aromatic N) is 4. The standard InChI is InChI=1S/C62H71N9O10/c1-32(2)44-25-37(23-34(5)35(44)6)29-63-52(74)31-68-19-21-69(22-20-68)47-14-12-39(53-55(47)62(81)71(60(53)79)49-16-18-51(73)67-58(49)77)27-41-24-38(26-45(33(3)4)36(41)7)30-64-56(75)40-11-13-42(28-40)65-46-10-8-9-43-54(46)61(80)70(59(43)78)48-15-17-50(72)66-57(48)76/h8-10,12,14,23-26,32-33,40,42,48-49,65H,11,13,15-22,27-31H2,1-7H3,(H,63,74)(H,64,75)(H,66,72,76)(H,67,73,77). The maximum atomic E-state index is 14.8. The van der Waals surface area contributed by atoms with Gasteiger partial charge in [0.2, 0.25) is 35.4 Å². The van der Waals surface area contributed by atoms with Crippen molar-refractivity contribution in [3.63, 3.8) is 0 Å². The number of carbonyl (C=O) groups excluding carboxylic acids is 10. The maximum absolute atomic E-state index is 14.8. The number of hydrogen-bond acceptors (Lipinski definition) is 13. The third kappa shape index (κ3) is 11.1. The van der Waals surface area contributed by atoms with E-state index in [1.54, 1.807) is 18.2 Å². The topological polar surface area (TPSA) is 244 Å². The lowest BCUT2D eigenvalue weighted by Crippen LogP contribution is -2.54. The summed E-state index contributed by atoms with van der Waals surface area (Å²) in [7, 11) is 0. The van der Waals surface area contributed by atoms with Crippen molar-refractivity contribution in [1.29, 1.82) is 0 Å². The molecular weight excluding hydrogens is 1030 g/mol. The van der Waals surface area contributed by atoms with Gasteiger partial charge in [0, 0.05) is 69.8 Å². The second-order valence-corrected chi connectivity index (χ2v) is 23.3. The number of amides is 10. The minimum atomic E-state index is -1.16. The van der Waals surface area contributed by atoms with Gasteiger partial charge < -0.3 is 20.9 Å². The van der Waals surface area contributed by atoms with Crippen molar-refractivity contribution in [1.82, 2.24) is 36.0 Å². The highest BCUT2D eigenvalue weighted by molar-refractivity contribution is 6.27. The summed E-state index contributed by atoms with van der Waals surface area (Å²) in [5, 5.41) is 14.2. The summed E-state index contributed by atoms with van der Waals surface area (Å²) >= 11 is 0. The molecule has 0 bridgehead atoms. The van der Waals surface area contributed by atoms with E-state index in [9.17, 15) is 47.9 Å².